The molecule has 2 aromatic carbocycles. The number of nitrogens with one attached hydrogen (secondary N) is 1. The summed E-state index contributed by atoms with van der Waals surface area (Å²) >= 11 is 0. The Bertz CT molecular complexity index is 1220. The lowest BCUT2D eigenvalue weighted by molar-refractivity contribution is -0.137. The van der Waals surface area contributed by atoms with Crippen molar-refractivity contribution in [1.29, 1.82) is 0 Å². The van der Waals surface area contributed by atoms with Crippen LogP contribution >= 0.6 is 0 Å². The number of aromatic nitrogens is 1. The number of likely N-dealkylation sites (tertiary alicyclic amines) is 1. The molecule has 0 unspecified atom stereocenters. The van der Waals surface area contributed by atoms with Crippen molar-refractivity contribution in [2.24, 2.45) is 0 Å². The molecular weight excluding hydrogens is 449 g/mol. The molecule has 0 aliphatic carbocycles. The molecule has 35 heavy (non-hydrogen) atoms. The largest absolute Gasteiger partial charge is 0.497 e. The number of amides is 1. The van der Waals surface area contributed by atoms with Crippen molar-refractivity contribution in [3.8, 4) is 5.75 Å². The number of aliphatic hydroxyl groups excluding tert-OH is 1. The Hall–Kier alpha value is -2.94. The highest BCUT2D eigenvalue weighted by atomic mass is 19.1. The van der Waals surface area contributed by atoms with E-state index >= 15 is 0 Å². The summed E-state index contributed by atoms with van der Waals surface area (Å²) in [5.41, 5.74) is 3.50. The third-order valence-electron chi connectivity index (χ3n) is 7.69. The fourth-order valence-corrected chi connectivity index (χ4v) is 5.93. The molecule has 0 radical (unpaired) electrons. The van der Waals surface area contributed by atoms with Crippen molar-refractivity contribution in [2.75, 3.05) is 47.1 Å². The number of piperidine rings is 1. The van der Waals surface area contributed by atoms with Gasteiger partial charge in [-0.05, 0) is 36.6 Å². The molecule has 5 rings (SSSR count). The lowest BCUT2D eigenvalue weighted by Crippen LogP contribution is -2.54. The van der Waals surface area contributed by atoms with Gasteiger partial charge in [-0.25, -0.2) is 4.39 Å². The number of carbonyl (C=O) groups is 1. The highest BCUT2D eigenvalue weighted by Gasteiger charge is 2.47. The van der Waals surface area contributed by atoms with Crippen LogP contribution in [0.1, 0.15) is 35.7 Å². The number of benzene rings is 2. The zero-order chi connectivity index (χ0) is 24.6. The van der Waals surface area contributed by atoms with Gasteiger partial charge >= 0.3 is 0 Å². The number of ether oxygens (including phenoxy) is 2. The van der Waals surface area contributed by atoms with Crippen molar-refractivity contribution in [2.45, 2.75) is 30.8 Å². The van der Waals surface area contributed by atoms with Gasteiger partial charge in [0.15, 0.2) is 0 Å². The predicted molar refractivity (Wildman–Crippen MR) is 131 cm³/mol. The number of fused-ring (bicyclic) bond motifs is 4. The zero-order valence-corrected chi connectivity index (χ0v) is 20.2. The van der Waals surface area contributed by atoms with Crippen LogP contribution in [0.4, 0.5) is 4.39 Å². The van der Waals surface area contributed by atoms with Crippen LogP contribution < -0.4 is 4.74 Å². The molecule has 2 aliphatic rings. The Morgan fingerprint density at radius 3 is 2.66 bits per heavy atom. The first-order valence-corrected chi connectivity index (χ1v) is 12.0. The SMILES string of the molecule is COCC(=O)N1CCC2(CC1)CN(Cc1ccccc1F)[C@H](CO)c1[nH]c3cc(OC)ccc3c12. The molecule has 1 amide bonds. The fraction of sp³-hybridized carbons (Fsp3) is 0.444. The van der Waals surface area contributed by atoms with Crippen LogP contribution in [0.15, 0.2) is 42.5 Å². The van der Waals surface area contributed by atoms with E-state index in [0.717, 1.165) is 35.2 Å². The molecule has 1 atom stereocenters. The highest BCUT2D eigenvalue weighted by Crippen LogP contribution is 2.49. The number of hydrogen-bond acceptors (Lipinski definition) is 5. The number of halogens is 1. The average Bonchev–Trinajstić information content (AvgIpc) is 3.25. The van der Waals surface area contributed by atoms with Gasteiger partial charge in [-0.3, -0.25) is 9.69 Å². The average molecular weight is 482 g/mol. The van der Waals surface area contributed by atoms with E-state index in [0.29, 0.717) is 31.7 Å². The molecule has 186 valence electrons. The standard InChI is InChI=1S/C27H32FN3O4/c1-34-16-24(33)30-11-9-27(10-12-30)17-31(14-18-5-3-4-6-21(18)28)23(15-32)26-25(27)20-8-7-19(35-2)13-22(20)29-26/h3-8,13,23,29,32H,9-12,14-17H2,1-2H3/t23-/m1/s1. The van der Waals surface area contributed by atoms with E-state index in [9.17, 15) is 14.3 Å². The molecule has 1 aromatic heterocycles. The summed E-state index contributed by atoms with van der Waals surface area (Å²) in [5, 5.41) is 11.6. The zero-order valence-electron chi connectivity index (χ0n) is 20.2. The maximum Gasteiger partial charge on any atom is 0.248 e. The molecule has 2 N–H and O–H groups in total. The van der Waals surface area contributed by atoms with Crippen molar-refractivity contribution in [3.63, 3.8) is 0 Å². The lowest BCUT2D eigenvalue weighted by Gasteiger charge is -2.50. The highest BCUT2D eigenvalue weighted by molar-refractivity contribution is 5.88. The molecule has 0 bridgehead atoms. The van der Waals surface area contributed by atoms with Crippen LogP contribution in [0.25, 0.3) is 10.9 Å². The van der Waals surface area contributed by atoms with E-state index in [1.54, 1.807) is 19.2 Å². The van der Waals surface area contributed by atoms with Crippen LogP contribution in [0, 0.1) is 5.82 Å². The minimum absolute atomic E-state index is 0.00139. The van der Waals surface area contributed by atoms with E-state index in [-0.39, 0.29) is 36.4 Å². The predicted octanol–water partition coefficient (Wildman–Crippen LogP) is 3.37. The van der Waals surface area contributed by atoms with Crippen molar-refractivity contribution in [3.05, 3.63) is 65.1 Å². The molecule has 3 heterocycles. The van der Waals surface area contributed by atoms with Crippen LogP contribution in [0.2, 0.25) is 0 Å². The molecule has 0 saturated carbocycles. The van der Waals surface area contributed by atoms with E-state index in [2.05, 4.69) is 16.0 Å². The fourth-order valence-electron chi connectivity index (χ4n) is 5.93. The molecular formula is C27H32FN3O4. The van der Waals surface area contributed by atoms with Crippen LogP contribution in [-0.4, -0.2) is 72.9 Å². The number of nitrogens with zero attached hydrogens (tertiary/aromatic N) is 2. The Labute approximate surface area is 204 Å². The third kappa shape index (κ3) is 4.20. The van der Waals surface area contributed by atoms with Gasteiger partial charge in [0.1, 0.15) is 18.2 Å². The summed E-state index contributed by atoms with van der Waals surface area (Å²) in [5.74, 6) is 0.512. The monoisotopic (exact) mass is 481 g/mol. The molecule has 7 nitrogen and oxygen atoms in total. The number of H-pyrrole nitrogens is 1. The normalized spacial score (nSPS) is 19.8. The summed E-state index contributed by atoms with van der Waals surface area (Å²) < 4.78 is 25.1. The van der Waals surface area contributed by atoms with Gasteiger partial charge in [0, 0.05) is 66.9 Å². The minimum Gasteiger partial charge on any atom is -0.497 e. The quantitative estimate of drug-likeness (QED) is 0.565. The third-order valence-corrected chi connectivity index (χ3v) is 7.69. The topological polar surface area (TPSA) is 78.0 Å². The smallest absolute Gasteiger partial charge is 0.248 e. The first-order valence-electron chi connectivity index (χ1n) is 12.0. The number of hydrogen-bond donors (Lipinski definition) is 2. The Kier molecular flexibility index (Phi) is 6.53. The molecule has 1 spiro atoms. The number of methoxy groups -OCH3 is 2. The van der Waals surface area contributed by atoms with Crippen LogP contribution in [0.5, 0.6) is 5.75 Å². The molecule has 1 fully saturated rings. The summed E-state index contributed by atoms with van der Waals surface area (Å²) in [6.07, 6.45) is 1.56. The van der Waals surface area contributed by atoms with Crippen molar-refractivity contribution < 1.29 is 23.8 Å². The molecule has 8 heteroatoms. The van der Waals surface area contributed by atoms with Crippen LogP contribution in [-0.2, 0) is 21.5 Å². The maximum absolute atomic E-state index is 14.6. The van der Waals surface area contributed by atoms with Gasteiger partial charge in [-0.1, -0.05) is 18.2 Å². The van der Waals surface area contributed by atoms with Gasteiger partial charge in [0.2, 0.25) is 5.91 Å². The number of aliphatic hydroxyl groups is 1. The van der Waals surface area contributed by atoms with Crippen LogP contribution in [0.3, 0.4) is 0 Å². The van der Waals surface area contributed by atoms with Gasteiger partial charge in [-0.15, -0.1) is 0 Å². The molecule has 2 aliphatic heterocycles. The number of carbonyl (C=O) groups excluding carboxylic acids is 1. The minimum atomic E-state index is -0.290. The van der Waals surface area contributed by atoms with Crippen molar-refractivity contribution >= 4 is 16.8 Å². The maximum atomic E-state index is 14.6. The number of rotatable bonds is 6. The summed E-state index contributed by atoms with van der Waals surface area (Å²) in [4.78, 5) is 20.1. The second-order valence-electron chi connectivity index (χ2n) is 9.61. The van der Waals surface area contributed by atoms with E-state index in [1.807, 2.05) is 23.1 Å². The second kappa shape index (κ2) is 9.60. The van der Waals surface area contributed by atoms with Gasteiger partial charge in [-0.2, -0.15) is 0 Å². The van der Waals surface area contributed by atoms with Gasteiger partial charge in [0.05, 0.1) is 19.8 Å². The molecule has 1 saturated heterocycles. The lowest BCUT2D eigenvalue weighted by atomic mass is 9.68. The second-order valence-corrected chi connectivity index (χ2v) is 9.61. The number of aromatic amines is 1. The summed E-state index contributed by atoms with van der Waals surface area (Å²) in [6, 6.07) is 12.5. The van der Waals surface area contributed by atoms with Gasteiger partial charge in [0.25, 0.3) is 0 Å². The molecule has 3 aromatic rings. The van der Waals surface area contributed by atoms with Gasteiger partial charge < -0.3 is 24.5 Å². The first-order chi connectivity index (χ1) is 17.0. The summed E-state index contributed by atoms with van der Waals surface area (Å²) in [6.45, 7) is 2.32. The Morgan fingerprint density at radius 1 is 1.20 bits per heavy atom. The van der Waals surface area contributed by atoms with Crippen molar-refractivity contribution in [1.82, 2.24) is 14.8 Å². The Morgan fingerprint density at radius 2 is 1.97 bits per heavy atom. The summed E-state index contributed by atoms with van der Waals surface area (Å²) in [7, 11) is 3.18. The van der Waals surface area contributed by atoms with E-state index in [1.165, 1.54) is 18.7 Å². The van der Waals surface area contributed by atoms with E-state index in [4.69, 9.17) is 9.47 Å². The first kappa shape index (κ1) is 23.8. The Balaban J connectivity index is 1.58. The van der Waals surface area contributed by atoms with E-state index < -0.39 is 0 Å².